The maximum Gasteiger partial charge on any atom is 0.342 e. The maximum atomic E-state index is 12.5. The van der Waals surface area contributed by atoms with Gasteiger partial charge in [-0.1, -0.05) is 30.3 Å². The zero-order valence-electron chi connectivity index (χ0n) is 19.9. The summed E-state index contributed by atoms with van der Waals surface area (Å²) in [5, 5.41) is 4.02. The fraction of sp³-hybridized carbons (Fsp3) is 0.500. The van der Waals surface area contributed by atoms with Crippen molar-refractivity contribution in [2.45, 2.75) is 46.5 Å². The minimum atomic E-state index is -0.400. The van der Waals surface area contributed by atoms with E-state index in [9.17, 15) is 4.79 Å². The molecule has 0 amide bonds. The lowest BCUT2D eigenvalue weighted by Gasteiger charge is -2.32. The number of likely N-dealkylation sites (tertiary alicyclic amines) is 1. The minimum Gasteiger partial charge on any atom is -0.462 e. The highest BCUT2D eigenvalue weighted by Gasteiger charge is 2.24. The number of hydrogen-bond donors (Lipinski definition) is 1. The molecule has 0 bridgehead atoms. The monoisotopic (exact) mass is 450 g/mol. The number of ether oxygens (including phenoxy) is 1. The molecule has 7 heteroatoms. The molecule has 0 radical (unpaired) electrons. The van der Waals surface area contributed by atoms with Crippen molar-refractivity contribution >= 4 is 22.9 Å². The highest BCUT2D eigenvalue weighted by molar-refractivity contribution is 6.07. The summed E-state index contributed by atoms with van der Waals surface area (Å²) < 4.78 is 11.0. The SMILES string of the molecule is CCOC(=O)c1c(C)oc2nc(C)nc(NCCCN3CCC(Cc4ccccc4)CC3)c12. The summed E-state index contributed by atoms with van der Waals surface area (Å²) >= 11 is 0. The molecule has 1 N–H and O–H groups in total. The van der Waals surface area contributed by atoms with E-state index in [2.05, 4.69) is 50.5 Å². The Labute approximate surface area is 195 Å². The summed E-state index contributed by atoms with van der Waals surface area (Å²) in [6.45, 7) is 9.81. The van der Waals surface area contributed by atoms with Crippen LogP contribution < -0.4 is 5.32 Å². The fourth-order valence-electron chi connectivity index (χ4n) is 4.67. The second-order valence-electron chi connectivity index (χ2n) is 8.81. The van der Waals surface area contributed by atoms with Crippen molar-refractivity contribution in [1.29, 1.82) is 0 Å². The lowest BCUT2D eigenvalue weighted by atomic mass is 9.90. The molecule has 3 heterocycles. The molecule has 4 rings (SSSR count). The van der Waals surface area contributed by atoms with Crippen LogP contribution in [0.1, 0.15) is 53.7 Å². The maximum absolute atomic E-state index is 12.5. The van der Waals surface area contributed by atoms with Crippen LogP contribution >= 0.6 is 0 Å². The van der Waals surface area contributed by atoms with Gasteiger partial charge in [0.25, 0.3) is 0 Å². The lowest BCUT2D eigenvalue weighted by molar-refractivity contribution is 0.0526. The number of hydrogen-bond acceptors (Lipinski definition) is 7. The average molecular weight is 451 g/mol. The van der Waals surface area contributed by atoms with E-state index in [4.69, 9.17) is 9.15 Å². The van der Waals surface area contributed by atoms with Crippen LogP contribution in [0, 0.1) is 19.8 Å². The molecule has 0 saturated carbocycles. The predicted octanol–water partition coefficient (Wildman–Crippen LogP) is 4.77. The van der Waals surface area contributed by atoms with Crippen molar-refractivity contribution in [2.75, 3.05) is 38.1 Å². The Balaban J connectivity index is 1.30. The van der Waals surface area contributed by atoms with Gasteiger partial charge in [0.05, 0.1) is 12.0 Å². The first-order valence-corrected chi connectivity index (χ1v) is 12.0. The number of nitrogens with one attached hydrogen (secondary N) is 1. The third-order valence-corrected chi connectivity index (χ3v) is 6.34. The number of piperidine rings is 1. The Hall–Kier alpha value is -2.93. The Morgan fingerprint density at radius 2 is 1.94 bits per heavy atom. The summed E-state index contributed by atoms with van der Waals surface area (Å²) in [7, 11) is 0. The Morgan fingerprint density at radius 1 is 1.18 bits per heavy atom. The van der Waals surface area contributed by atoms with Crippen LogP contribution in [0.15, 0.2) is 34.7 Å². The van der Waals surface area contributed by atoms with Crippen molar-refractivity contribution in [2.24, 2.45) is 5.92 Å². The van der Waals surface area contributed by atoms with E-state index in [1.54, 1.807) is 13.8 Å². The Morgan fingerprint density at radius 3 is 2.67 bits per heavy atom. The highest BCUT2D eigenvalue weighted by Crippen LogP contribution is 2.30. The molecule has 0 unspecified atom stereocenters. The topological polar surface area (TPSA) is 80.5 Å². The van der Waals surface area contributed by atoms with Crippen molar-refractivity contribution in [3.63, 3.8) is 0 Å². The second-order valence-corrected chi connectivity index (χ2v) is 8.81. The largest absolute Gasteiger partial charge is 0.462 e. The first-order valence-electron chi connectivity index (χ1n) is 12.0. The number of carbonyl (C=O) groups is 1. The van der Waals surface area contributed by atoms with Gasteiger partial charge >= 0.3 is 5.97 Å². The van der Waals surface area contributed by atoms with Crippen LogP contribution in [0.3, 0.4) is 0 Å². The van der Waals surface area contributed by atoms with Gasteiger partial charge in [-0.25, -0.2) is 9.78 Å². The molecule has 176 valence electrons. The summed E-state index contributed by atoms with van der Waals surface area (Å²) in [6.07, 6.45) is 4.70. The molecule has 1 aliphatic rings. The lowest BCUT2D eigenvalue weighted by Crippen LogP contribution is -2.35. The summed E-state index contributed by atoms with van der Waals surface area (Å²) in [5.41, 5.74) is 2.28. The van der Waals surface area contributed by atoms with E-state index in [0.717, 1.165) is 38.5 Å². The molecule has 1 aliphatic heterocycles. The van der Waals surface area contributed by atoms with Gasteiger partial charge in [-0.15, -0.1) is 0 Å². The van der Waals surface area contributed by atoms with Crippen LogP contribution in [0.25, 0.3) is 11.1 Å². The van der Waals surface area contributed by atoms with Crippen LogP contribution in [-0.2, 0) is 11.2 Å². The number of rotatable bonds is 9. The van der Waals surface area contributed by atoms with Gasteiger partial charge in [0, 0.05) is 6.54 Å². The number of furan rings is 1. The quantitative estimate of drug-likeness (QED) is 0.371. The average Bonchev–Trinajstić information content (AvgIpc) is 3.14. The fourth-order valence-corrected chi connectivity index (χ4v) is 4.67. The molecule has 0 aliphatic carbocycles. The molecule has 0 spiro atoms. The van der Waals surface area contributed by atoms with Gasteiger partial charge in [-0.3, -0.25) is 0 Å². The van der Waals surface area contributed by atoms with Gasteiger partial charge in [0.2, 0.25) is 5.71 Å². The first kappa shape index (κ1) is 23.2. The van der Waals surface area contributed by atoms with E-state index in [1.165, 1.54) is 24.8 Å². The van der Waals surface area contributed by atoms with Crippen molar-refractivity contribution < 1.29 is 13.9 Å². The number of carbonyl (C=O) groups excluding carboxylic acids is 1. The number of aryl methyl sites for hydroxylation is 2. The second kappa shape index (κ2) is 10.8. The molecule has 3 aromatic rings. The van der Waals surface area contributed by atoms with Gasteiger partial charge in [0.1, 0.15) is 23.0 Å². The molecule has 7 nitrogen and oxygen atoms in total. The molecule has 1 aromatic carbocycles. The minimum absolute atomic E-state index is 0.308. The van der Waals surface area contributed by atoms with E-state index in [1.807, 2.05) is 6.92 Å². The number of nitrogens with zero attached hydrogens (tertiary/aromatic N) is 3. The zero-order valence-corrected chi connectivity index (χ0v) is 19.9. The van der Waals surface area contributed by atoms with Crippen LogP contribution in [0.2, 0.25) is 0 Å². The smallest absolute Gasteiger partial charge is 0.342 e. The third-order valence-electron chi connectivity index (χ3n) is 6.34. The van der Waals surface area contributed by atoms with Gasteiger partial charge in [0.15, 0.2) is 0 Å². The molecular formula is C26H34N4O3. The van der Waals surface area contributed by atoms with Crippen LogP contribution in [0.5, 0.6) is 0 Å². The standard InChI is InChI=1S/C26H34N4O3/c1-4-32-26(31)22-18(2)33-25-23(22)24(28-19(3)29-25)27-13-8-14-30-15-11-21(12-16-30)17-20-9-6-5-7-10-20/h5-7,9-10,21H,4,8,11-17H2,1-3H3,(H,27,28,29). The Bertz CT molecular complexity index is 1070. The Kier molecular flexibility index (Phi) is 7.60. The van der Waals surface area contributed by atoms with Crippen molar-refractivity contribution in [1.82, 2.24) is 14.9 Å². The van der Waals surface area contributed by atoms with Crippen molar-refractivity contribution in [3.8, 4) is 0 Å². The molecular weight excluding hydrogens is 416 g/mol. The molecule has 1 saturated heterocycles. The van der Waals surface area contributed by atoms with E-state index >= 15 is 0 Å². The van der Waals surface area contributed by atoms with Gasteiger partial charge in [-0.05, 0) is 77.6 Å². The normalized spacial score (nSPS) is 15.1. The van der Waals surface area contributed by atoms with E-state index < -0.39 is 5.97 Å². The third kappa shape index (κ3) is 5.71. The summed E-state index contributed by atoms with van der Waals surface area (Å²) in [5.74, 6) is 2.13. The van der Waals surface area contributed by atoms with Gasteiger partial charge < -0.3 is 19.4 Å². The number of fused-ring (bicyclic) bond motifs is 1. The molecule has 2 aromatic heterocycles. The first-order chi connectivity index (χ1) is 16.0. The molecule has 33 heavy (non-hydrogen) atoms. The number of esters is 1. The predicted molar refractivity (Wildman–Crippen MR) is 130 cm³/mol. The van der Waals surface area contributed by atoms with Crippen molar-refractivity contribution in [3.05, 3.63) is 53.0 Å². The number of benzene rings is 1. The summed E-state index contributed by atoms with van der Waals surface area (Å²) in [6, 6.07) is 10.8. The molecule has 0 atom stereocenters. The number of anilines is 1. The van der Waals surface area contributed by atoms with E-state index in [-0.39, 0.29) is 0 Å². The van der Waals surface area contributed by atoms with Gasteiger partial charge in [-0.2, -0.15) is 4.98 Å². The van der Waals surface area contributed by atoms with E-state index in [0.29, 0.717) is 40.7 Å². The highest BCUT2D eigenvalue weighted by atomic mass is 16.5. The van der Waals surface area contributed by atoms with Crippen LogP contribution in [-0.4, -0.2) is 53.6 Å². The molecule has 1 fully saturated rings. The summed E-state index contributed by atoms with van der Waals surface area (Å²) in [4.78, 5) is 23.9. The van der Waals surface area contributed by atoms with Crippen LogP contribution in [0.4, 0.5) is 5.82 Å². The zero-order chi connectivity index (χ0) is 23.2. The number of aromatic nitrogens is 2.